The van der Waals surface area contributed by atoms with Crippen LogP contribution in [0.1, 0.15) is 31.2 Å². The van der Waals surface area contributed by atoms with E-state index in [9.17, 15) is 14.4 Å². The highest BCUT2D eigenvalue weighted by atomic mass is 32.2. The van der Waals surface area contributed by atoms with Crippen molar-refractivity contribution in [3.05, 3.63) is 39.9 Å². The molecular weight excluding hydrogens is 376 g/mol. The predicted octanol–water partition coefficient (Wildman–Crippen LogP) is 3.06. The summed E-state index contributed by atoms with van der Waals surface area (Å²) in [6, 6.07) is 3.21. The van der Waals surface area contributed by atoms with Crippen LogP contribution in [-0.2, 0) is 14.3 Å². The summed E-state index contributed by atoms with van der Waals surface area (Å²) >= 11 is 2.57. The first-order valence-corrected chi connectivity index (χ1v) is 9.57. The van der Waals surface area contributed by atoms with E-state index in [1.54, 1.807) is 31.5 Å². The number of thiophene rings is 1. The second-order valence-electron chi connectivity index (χ2n) is 5.16. The van der Waals surface area contributed by atoms with Crippen molar-refractivity contribution >= 4 is 45.9 Å². The number of carbonyl (C=O) groups excluding carboxylic acids is 3. The first-order valence-electron chi connectivity index (χ1n) is 7.53. The number of aromatic nitrogens is 1. The number of aryl methyl sites for hydroxylation is 1. The van der Waals surface area contributed by atoms with Crippen LogP contribution in [-0.4, -0.2) is 42.8 Å². The monoisotopic (exact) mass is 394 g/mol. The highest BCUT2D eigenvalue weighted by Gasteiger charge is 2.22. The number of thioether (sulfide) groups is 1. The Balaban J connectivity index is 2.05. The third-order valence-corrected chi connectivity index (χ3v) is 5.38. The van der Waals surface area contributed by atoms with E-state index >= 15 is 0 Å². The van der Waals surface area contributed by atoms with Gasteiger partial charge in [-0.3, -0.25) is 4.79 Å². The molecule has 0 fully saturated rings. The van der Waals surface area contributed by atoms with E-state index in [2.05, 4.69) is 10.3 Å². The van der Waals surface area contributed by atoms with Gasteiger partial charge in [0, 0.05) is 11.1 Å². The van der Waals surface area contributed by atoms with Gasteiger partial charge in [-0.05, 0) is 37.8 Å². The number of nitrogens with one attached hydrogen (secondary N) is 1. The molecule has 2 heterocycles. The number of amides is 1. The molecule has 26 heavy (non-hydrogen) atoms. The van der Waals surface area contributed by atoms with E-state index in [1.807, 2.05) is 6.92 Å². The summed E-state index contributed by atoms with van der Waals surface area (Å²) in [5.41, 5.74) is 1.35. The zero-order chi connectivity index (χ0) is 19.3. The van der Waals surface area contributed by atoms with Crippen LogP contribution in [0.4, 0.5) is 5.00 Å². The zero-order valence-corrected chi connectivity index (χ0v) is 16.4. The van der Waals surface area contributed by atoms with Crippen LogP contribution in [0.3, 0.4) is 0 Å². The fourth-order valence-corrected chi connectivity index (χ4v) is 3.75. The van der Waals surface area contributed by atoms with Gasteiger partial charge in [-0.25, -0.2) is 14.6 Å². The van der Waals surface area contributed by atoms with Gasteiger partial charge in [-0.2, -0.15) is 0 Å². The van der Waals surface area contributed by atoms with Crippen molar-refractivity contribution in [2.45, 2.75) is 18.9 Å². The van der Waals surface area contributed by atoms with Gasteiger partial charge in [0.2, 0.25) is 0 Å². The highest BCUT2D eigenvalue weighted by Crippen LogP contribution is 2.32. The predicted molar refractivity (Wildman–Crippen MR) is 100 cm³/mol. The second-order valence-corrected chi connectivity index (χ2v) is 7.18. The maximum Gasteiger partial charge on any atom is 0.341 e. The topological polar surface area (TPSA) is 94.6 Å². The third-order valence-electron chi connectivity index (χ3n) is 3.55. The normalized spacial score (nSPS) is 10.3. The first kappa shape index (κ1) is 19.9. The number of ether oxygens (including phenoxy) is 2. The van der Waals surface area contributed by atoms with Crippen LogP contribution in [0.5, 0.6) is 0 Å². The molecule has 1 N–H and O–H groups in total. The van der Waals surface area contributed by atoms with Gasteiger partial charge < -0.3 is 14.8 Å². The fourth-order valence-electron chi connectivity index (χ4n) is 2.14. The van der Waals surface area contributed by atoms with Crippen LogP contribution >= 0.6 is 23.1 Å². The Morgan fingerprint density at radius 1 is 1.27 bits per heavy atom. The van der Waals surface area contributed by atoms with Gasteiger partial charge in [-0.15, -0.1) is 23.1 Å². The summed E-state index contributed by atoms with van der Waals surface area (Å²) < 4.78 is 9.81. The average molecular weight is 394 g/mol. The molecular formula is C17H18N2O5S2. The molecule has 0 atom stereocenters. The van der Waals surface area contributed by atoms with Gasteiger partial charge in [0.1, 0.15) is 10.0 Å². The minimum atomic E-state index is -0.635. The minimum Gasteiger partial charge on any atom is -0.465 e. The molecule has 7 nitrogen and oxygen atoms in total. The van der Waals surface area contributed by atoms with Crippen LogP contribution < -0.4 is 5.32 Å². The van der Waals surface area contributed by atoms with Crippen LogP contribution in [0.15, 0.2) is 23.4 Å². The molecule has 0 saturated carbocycles. The Bertz CT molecular complexity index is 848. The number of hydrogen-bond donors (Lipinski definition) is 1. The molecule has 2 rings (SSSR count). The average Bonchev–Trinajstić information content (AvgIpc) is 2.92. The summed E-state index contributed by atoms with van der Waals surface area (Å²) in [6.45, 7) is 3.15. The lowest BCUT2D eigenvalue weighted by molar-refractivity contribution is -0.119. The number of hydrogen-bond acceptors (Lipinski definition) is 8. The molecule has 9 heteroatoms. The Morgan fingerprint density at radius 2 is 2.00 bits per heavy atom. The quantitative estimate of drug-likeness (QED) is 0.594. The first-order chi connectivity index (χ1) is 12.4. The lowest BCUT2D eigenvalue weighted by atomic mass is 10.1. The summed E-state index contributed by atoms with van der Waals surface area (Å²) in [6.07, 6.45) is 3.37. The number of anilines is 1. The summed E-state index contributed by atoms with van der Waals surface area (Å²) in [4.78, 5) is 41.1. The number of nitrogens with zero attached hydrogens (tertiary/aromatic N) is 1. The zero-order valence-electron chi connectivity index (χ0n) is 14.7. The van der Waals surface area contributed by atoms with Gasteiger partial charge >= 0.3 is 11.9 Å². The molecule has 2 aromatic rings. The maximum absolute atomic E-state index is 12.1. The van der Waals surface area contributed by atoms with E-state index in [-0.39, 0.29) is 0 Å². The molecule has 0 radical (unpaired) electrons. The molecule has 0 saturated heterocycles. The molecule has 0 aliphatic carbocycles. The SMILES string of the molecule is COC(=O)c1c(NC(=O)COC(=O)c2cccnc2SC)sc(C)c1C. The Kier molecular flexibility index (Phi) is 6.76. The summed E-state index contributed by atoms with van der Waals surface area (Å²) in [5, 5.41) is 3.50. The Hall–Kier alpha value is -2.39. The number of methoxy groups -OCH3 is 1. The van der Waals surface area contributed by atoms with Crippen molar-refractivity contribution in [2.24, 2.45) is 0 Å². The van der Waals surface area contributed by atoms with Crippen molar-refractivity contribution < 1.29 is 23.9 Å². The number of carbonyl (C=O) groups is 3. The maximum atomic E-state index is 12.1. The third kappa shape index (κ3) is 4.41. The van der Waals surface area contributed by atoms with Gasteiger partial charge in [0.25, 0.3) is 5.91 Å². The van der Waals surface area contributed by atoms with Crippen LogP contribution in [0.2, 0.25) is 0 Å². The van der Waals surface area contributed by atoms with Crippen LogP contribution in [0, 0.1) is 13.8 Å². The Labute approximate surface area is 159 Å². The van der Waals surface area contributed by atoms with Crippen LogP contribution in [0.25, 0.3) is 0 Å². The van der Waals surface area contributed by atoms with Crippen molar-refractivity contribution in [1.82, 2.24) is 4.98 Å². The molecule has 0 aliphatic heterocycles. The molecule has 1 amide bonds. The standard InChI is InChI=1S/C17H18N2O5S2/c1-9-10(2)26-15(13(9)17(22)23-3)19-12(20)8-24-16(21)11-6-5-7-18-14(11)25-4/h5-7H,8H2,1-4H3,(H,19,20). The van der Waals surface area contributed by atoms with Gasteiger partial charge in [0.05, 0.1) is 18.2 Å². The van der Waals surface area contributed by atoms with Gasteiger partial charge in [-0.1, -0.05) is 0 Å². The lowest BCUT2D eigenvalue weighted by Crippen LogP contribution is -2.22. The molecule has 0 bridgehead atoms. The van der Waals surface area contributed by atoms with Crippen molar-refractivity contribution in [3.63, 3.8) is 0 Å². The number of rotatable bonds is 6. The molecule has 0 unspecified atom stereocenters. The van der Waals surface area contributed by atoms with Gasteiger partial charge in [0.15, 0.2) is 6.61 Å². The number of pyridine rings is 1. The summed E-state index contributed by atoms with van der Waals surface area (Å²) in [5.74, 6) is -1.71. The highest BCUT2D eigenvalue weighted by molar-refractivity contribution is 7.98. The summed E-state index contributed by atoms with van der Waals surface area (Å²) in [7, 11) is 1.28. The van der Waals surface area contributed by atoms with E-state index in [0.29, 0.717) is 21.2 Å². The molecule has 0 aromatic carbocycles. The lowest BCUT2D eigenvalue weighted by Gasteiger charge is -2.08. The fraction of sp³-hybridized carbons (Fsp3) is 0.294. The molecule has 0 spiro atoms. The largest absolute Gasteiger partial charge is 0.465 e. The smallest absolute Gasteiger partial charge is 0.341 e. The second kappa shape index (κ2) is 8.81. The molecule has 0 aliphatic rings. The van der Waals surface area contributed by atoms with Crippen molar-refractivity contribution in [2.75, 3.05) is 25.3 Å². The number of esters is 2. The van der Waals surface area contributed by atoms with Crippen molar-refractivity contribution in [3.8, 4) is 0 Å². The van der Waals surface area contributed by atoms with E-state index in [0.717, 1.165) is 10.4 Å². The van der Waals surface area contributed by atoms with E-state index < -0.39 is 24.5 Å². The Morgan fingerprint density at radius 3 is 2.65 bits per heavy atom. The minimum absolute atomic E-state index is 0.297. The molecule has 2 aromatic heterocycles. The van der Waals surface area contributed by atoms with E-state index in [1.165, 1.54) is 30.2 Å². The van der Waals surface area contributed by atoms with Crippen molar-refractivity contribution in [1.29, 1.82) is 0 Å². The van der Waals surface area contributed by atoms with E-state index in [4.69, 9.17) is 9.47 Å². The molecule has 138 valence electrons.